The molecule has 0 rings (SSSR count). The second-order valence-corrected chi connectivity index (χ2v) is 3.16. The van der Waals surface area contributed by atoms with Gasteiger partial charge in [0.25, 0.3) is 0 Å². The minimum atomic E-state index is 1.01. The number of allylic oxidation sites excluding steroid dienone is 1. The van der Waals surface area contributed by atoms with Crippen LogP contribution in [0, 0.1) is 0 Å². The Morgan fingerprint density at radius 1 is 1.78 bits per heavy atom. The van der Waals surface area contributed by atoms with Gasteiger partial charge in [0, 0.05) is 22.6 Å². The van der Waals surface area contributed by atoms with Crippen molar-refractivity contribution < 1.29 is 0 Å². The van der Waals surface area contributed by atoms with Gasteiger partial charge in [0.05, 0.1) is 0 Å². The van der Waals surface area contributed by atoms with E-state index in [1.807, 2.05) is 19.5 Å². The molecule has 3 heteroatoms. The molecule has 0 fully saturated rings. The molecule has 0 aliphatic heterocycles. The van der Waals surface area contributed by atoms with Crippen LogP contribution in [0.4, 0.5) is 0 Å². The van der Waals surface area contributed by atoms with Gasteiger partial charge in [-0.25, -0.2) is 0 Å². The highest BCUT2D eigenvalue weighted by molar-refractivity contribution is 9.12. The maximum absolute atomic E-state index is 3.80. The van der Waals surface area contributed by atoms with Crippen LogP contribution in [0.15, 0.2) is 22.2 Å². The number of hydrogen-bond acceptors (Lipinski definition) is 2. The summed E-state index contributed by atoms with van der Waals surface area (Å²) in [6, 6.07) is 0. The molecule has 0 aromatic rings. The van der Waals surface area contributed by atoms with Gasteiger partial charge in [-0.3, -0.25) is 0 Å². The van der Waals surface area contributed by atoms with Crippen molar-refractivity contribution in [3.63, 3.8) is 0 Å². The first-order valence-corrected chi connectivity index (χ1v) is 4.50. The third kappa shape index (κ3) is 3.65. The topological polar surface area (TPSA) is 12.0 Å². The van der Waals surface area contributed by atoms with E-state index in [1.165, 1.54) is 0 Å². The third-order valence-electron chi connectivity index (χ3n) is 0.784. The summed E-state index contributed by atoms with van der Waals surface area (Å²) in [4.78, 5) is 1.03. The Balaban J connectivity index is 3.86. The van der Waals surface area contributed by atoms with Crippen molar-refractivity contribution in [1.29, 1.82) is 0 Å². The fourth-order valence-corrected chi connectivity index (χ4v) is 1.27. The Kier molecular flexibility index (Phi) is 5.00. The van der Waals surface area contributed by atoms with Crippen LogP contribution in [-0.2, 0) is 0 Å². The van der Waals surface area contributed by atoms with Crippen LogP contribution in [0.5, 0.6) is 0 Å². The molecular formula is C6H10BrNS. The standard InChI is InChI=1S/C6H10BrNS/c1-5(9-3)6(7)4-8-2/h4,8H,1H2,2-3H3/b6-4+. The Hall–Kier alpha value is 0.110. The van der Waals surface area contributed by atoms with Crippen LogP contribution >= 0.6 is 27.7 Å². The Labute approximate surface area is 68.7 Å². The van der Waals surface area contributed by atoms with Gasteiger partial charge < -0.3 is 5.32 Å². The van der Waals surface area contributed by atoms with Crippen LogP contribution in [0.1, 0.15) is 0 Å². The summed E-state index contributed by atoms with van der Waals surface area (Å²) in [7, 11) is 1.86. The molecule has 1 nitrogen and oxygen atoms in total. The number of nitrogens with one attached hydrogen (secondary N) is 1. The van der Waals surface area contributed by atoms with Gasteiger partial charge in [0.15, 0.2) is 0 Å². The zero-order valence-electron chi connectivity index (χ0n) is 5.57. The number of thioether (sulfide) groups is 1. The smallest absolute Gasteiger partial charge is 0.0461 e. The summed E-state index contributed by atoms with van der Waals surface area (Å²) in [6.45, 7) is 3.80. The Morgan fingerprint density at radius 3 is 2.67 bits per heavy atom. The summed E-state index contributed by atoms with van der Waals surface area (Å²) in [5.41, 5.74) is 0. The van der Waals surface area contributed by atoms with Crippen LogP contribution in [0.2, 0.25) is 0 Å². The number of halogens is 1. The molecule has 0 aromatic carbocycles. The highest BCUT2D eigenvalue weighted by Crippen LogP contribution is 2.22. The lowest BCUT2D eigenvalue weighted by Gasteiger charge is -1.97. The third-order valence-corrected chi connectivity index (χ3v) is 2.47. The van der Waals surface area contributed by atoms with E-state index in [4.69, 9.17) is 0 Å². The van der Waals surface area contributed by atoms with Gasteiger partial charge in [-0.15, -0.1) is 11.8 Å². The Bertz CT molecular complexity index is 131. The van der Waals surface area contributed by atoms with E-state index in [0.29, 0.717) is 0 Å². The van der Waals surface area contributed by atoms with Crippen LogP contribution in [-0.4, -0.2) is 13.3 Å². The highest BCUT2D eigenvalue weighted by atomic mass is 79.9. The van der Waals surface area contributed by atoms with Gasteiger partial charge in [-0.1, -0.05) is 6.58 Å². The van der Waals surface area contributed by atoms with Crippen molar-refractivity contribution in [2.75, 3.05) is 13.3 Å². The molecule has 9 heavy (non-hydrogen) atoms. The molecule has 0 aromatic heterocycles. The zero-order valence-corrected chi connectivity index (χ0v) is 7.97. The van der Waals surface area contributed by atoms with Crippen molar-refractivity contribution in [3.8, 4) is 0 Å². The maximum atomic E-state index is 3.80. The first-order chi connectivity index (χ1) is 4.22. The minimum Gasteiger partial charge on any atom is -0.393 e. The number of rotatable bonds is 3. The summed E-state index contributed by atoms with van der Waals surface area (Å²) < 4.78 is 1.01. The molecular weight excluding hydrogens is 198 g/mol. The van der Waals surface area contributed by atoms with E-state index >= 15 is 0 Å². The first-order valence-electron chi connectivity index (χ1n) is 2.48. The van der Waals surface area contributed by atoms with E-state index in [9.17, 15) is 0 Å². The van der Waals surface area contributed by atoms with Crippen molar-refractivity contribution in [3.05, 3.63) is 22.2 Å². The summed E-state index contributed by atoms with van der Waals surface area (Å²) in [6.07, 6.45) is 3.85. The molecule has 1 N–H and O–H groups in total. The van der Waals surface area contributed by atoms with E-state index in [-0.39, 0.29) is 0 Å². The lowest BCUT2D eigenvalue weighted by Crippen LogP contribution is -1.93. The molecule has 0 aliphatic rings. The molecule has 52 valence electrons. The SMILES string of the molecule is C=C(SC)/C(Br)=C\NC. The summed E-state index contributed by atoms with van der Waals surface area (Å²) in [5.74, 6) is 0. The van der Waals surface area contributed by atoms with Gasteiger partial charge in [0.1, 0.15) is 0 Å². The summed E-state index contributed by atoms with van der Waals surface area (Å²) >= 11 is 4.97. The fourth-order valence-electron chi connectivity index (χ4n) is 0.305. The zero-order chi connectivity index (χ0) is 7.28. The Morgan fingerprint density at radius 2 is 2.33 bits per heavy atom. The molecule has 0 aliphatic carbocycles. The van der Waals surface area contributed by atoms with Crippen LogP contribution in [0.3, 0.4) is 0 Å². The van der Waals surface area contributed by atoms with Crippen LogP contribution in [0.25, 0.3) is 0 Å². The van der Waals surface area contributed by atoms with Gasteiger partial charge >= 0.3 is 0 Å². The van der Waals surface area contributed by atoms with Gasteiger partial charge in [-0.05, 0) is 22.2 Å². The van der Waals surface area contributed by atoms with E-state index < -0.39 is 0 Å². The van der Waals surface area contributed by atoms with E-state index in [1.54, 1.807) is 11.8 Å². The average molecular weight is 208 g/mol. The quantitative estimate of drug-likeness (QED) is 0.714. The lowest BCUT2D eigenvalue weighted by molar-refractivity contribution is 1.10. The first kappa shape index (κ1) is 9.11. The second-order valence-electron chi connectivity index (χ2n) is 1.41. The maximum Gasteiger partial charge on any atom is 0.0461 e. The molecule has 0 bridgehead atoms. The summed E-state index contributed by atoms with van der Waals surface area (Å²) in [5, 5.41) is 2.90. The minimum absolute atomic E-state index is 1.01. The largest absolute Gasteiger partial charge is 0.393 e. The van der Waals surface area contributed by atoms with Crippen molar-refractivity contribution in [2.45, 2.75) is 0 Å². The van der Waals surface area contributed by atoms with Crippen molar-refractivity contribution in [2.24, 2.45) is 0 Å². The van der Waals surface area contributed by atoms with E-state index in [2.05, 4.69) is 27.8 Å². The van der Waals surface area contributed by atoms with E-state index in [0.717, 1.165) is 9.39 Å². The van der Waals surface area contributed by atoms with Gasteiger partial charge in [0.2, 0.25) is 0 Å². The normalized spacial score (nSPS) is 11.2. The van der Waals surface area contributed by atoms with Crippen molar-refractivity contribution in [1.82, 2.24) is 5.32 Å². The lowest BCUT2D eigenvalue weighted by atomic mass is 10.6. The molecule has 0 radical (unpaired) electrons. The van der Waals surface area contributed by atoms with Gasteiger partial charge in [-0.2, -0.15) is 0 Å². The molecule has 0 spiro atoms. The highest BCUT2D eigenvalue weighted by Gasteiger charge is 1.92. The molecule has 0 saturated carbocycles. The molecule has 0 atom stereocenters. The number of hydrogen-bond donors (Lipinski definition) is 1. The van der Waals surface area contributed by atoms with Crippen LogP contribution < -0.4 is 5.32 Å². The monoisotopic (exact) mass is 207 g/mol. The predicted molar refractivity (Wildman–Crippen MR) is 48.7 cm³/mol. The molecule has 0 amide bonds. The molecule has 0 saturated heterocycles. The second kappa shape index (κ2) is 4.94. The average Bonchev–Trinajstić information content (AvgIpc) is 1.87. The molecule has 0 unspecified atom stereocenters. The fraction of sp³-hybridized carbons (Fsp3) is 0.333. The van der Waals surface area contributed by atoms with Crippen molar-refractivity contribution >= 4 is 27.7 Å². The molecule has 0 heterocycles. The predicted octanol–water partition coefficient (Wildman–Crippen LogP) is 2.32.